The third kappa shape index (κ3) is 8.78. The average Bonchev–Trinajstić information content (AvgIpc) is 3.36. The number of aliphatic hydroxyl groups excluding tert-OH is 1. The normalized spacial score (nSPS) is 24.8. The van der Waals surface area contributed by atoms with Crippen LogP contribution in [0.4, 0.5) is 0 Å². The van der Waals surface area contributed by atoms with Gasteiger partial charge in [0.05, 0.1) is 36.9 Å². The Morgan fingerprint density at radius 2 is 1.65 bits per heavy atom. The molecule has 7 nitrogen and oxygen atoms in total. The number of benzene rings is 2. The number of carbonyl (C=O) groups is 2. The number of fused-ring (bicyclic) bond motifs is 1. The van der Waals surface area contributed by atoms with Crippen molar-refractivity contribution < 1.29 is 33.6 Å². The number of allylic oxidation sites excluding steroid dienone is 1. The lowest BCUT2D eigenvalue weighted by Gasteiger charge is -2.41. The molecule has 2 aromatic rings. The van der Waals surface area contributed by atoms with Gasteiger partial charge in [-0.05, 0) is 76.8 Å². The van der Waals surface area contributed by atoms with Gasteiger partial charge < -0.3 is 24.1 Å². The van der Waals surface area contributed by atoms with E-state index in [2.05, 4.69) is 6.92 Å². The number of hydrogen-bond donors (Lipinski definition) is 1. The van der Waals surface area contributed by atoms with Gasteiger partial charge in [-0.1, -0.05) is 73.2 Å². The lowest BCUT2D eigenvalue weighted by atomic mass is 9.84. The highest BCUT2D eigenvalue weighted by atomic mass is 16.6. The molecule has 2 fully saturated rings. The van der Waals surface area contributed by atoms with Crippen molar-refractivity contribution in [1.82, 2.24) is 0 Å². The molecule has 0 saturated carbocycles. The van der Waals surface area contributed by atoms with E-state index in [4.69, 9.17) is 18.9 Å². The molecular weight excluding hydrogens is 544 g/mol. The molecule has 43 heavy (non-hydrogen) atoms. The molecular formula is C36H48O7. The van der Waals surface area contributed by atoms with Crippen LogP contribution in [0.3, 0.4) is 0 Å². The second-order valence-electron chi connectivity index (χ2n) is 13.2. The lowest BCUT2D eigenvalue weighted by Crippen LogP contribution is -2.51. The van der Waals surface area contributed by atoms with Crippen molar-refractivity contribution in [2.24, 2.45) is 11.3 Å². The summed E-state index contributed by atoms with van der Waals surface area (Å²) >= 11 is 0. The van der Waals surface area contributed by atoms with Gasteiger partial charge in [-0.15, -0.1) is 0 Å². The van der Waals surface area contributed by atoms with Crippen LogP contribution in [0.5, 0.6) is 0 Å². The smallest absolute Gasteiger partial charge is 0.331 e. The molecule has 0 unspecified atom stereocenters. The molecule has 4 rings (SSSR count). The topological polar surface area (TPSA) is 91.3 Å². The van der Waals surface area contributed by atoms with Crippen LogP contribution >= 0.6 is 0 Å². The maximum absolute atomic E-state index is 13.1. The summed E-state index contributed by atoms with van der Waals surface area (Å²) in [5.41, 5.74) is 1.54. The van der Waals surface area contributed by atoms with Gasteiger partial charge in [0.2, 0.25) is 0 Å². The molecule has 0 aliphatic carbocycles. The molecule has 0 aromatic heterocycles. The molecule has 0 spiro atoms. The van der Waals surface area contributed by atoms with Crippen LogP contribution in [0.1, 0.15) is 90.4 Å². The third-order valence-corrected chi connectivity index (χ3v) is 8.63. The number of carbonyl (C=O) groups excluding carboxylic acids is 2. The second kappa shape index (κ2) is 14.7. The minimum absolute atomic E-state index is 0.0414. The molecule has 7 heteroatoms. The number of aliphatic hydroxyl groups is 1. The third-order valence-electron chi connectivity index (χ3n) is 8.63. The van der Waals surface area contributed by atoms with E-state index >= 15 is 0 Å². The van der Waals surface area contributed by atoms with E-state index in [0.29, 0.717) is 19.4 Å². The molecule has 0 amide bonds. The number of rotatable bonds is 12. The Bertz CT molecular complexity index is 1180. The Kier molecular flexibility index (Phi) is 11.2. The Morgan fingerprint density at radius 3 is 2.23 bits per heavy atom. The van der Waals surface area contributed by atoms with Crippen LogP contribution in [0.25, 0.3) is 0 Å². The highest BCUT2D eigenvalue weighted by molar-refractivity contribution is 5.83. The van der Waals surface area contributed by atoms with E-state index in [1.807, 2.05) is 88.4 Å². The van der Waals surface area contributed by atoms with E-state index in [1.54, 1.807) is 6.08 Å². The second-order valence-corrected chi connectivity index (χ2v) is 13.2. The summed E-state index contributed by atoms with van der Waals surface area (Å²) in [4.78, 5) is 25.1. The Balaban J connectivity index is 1.30. The summed E-state index contributed by atoms with van der Waals surface area (Å²) in [6.45, 7) is 9.85. The molecule has 0 radical (unpaired) electrons. The van der Waals surface area contributed by atoms with Gasteiger partial charge in [-0.2, -0.15) is 0 Å². The Hall–Kier alpha value is -3.00. The van der Waals surface area contributed by atoms with Crippen molar-refractivity contribution in [3.8, 4) is 0 Å². The van der Waals surface area contributed by atoms with E-state index in [-0.39, 0.29) is 42.8 Å². The standard InChI is InChI=1S/C36H48O7/c1-25(26(2)22-32(38)42-33(27-13-8-6-9-14-27)28-15-10-7-11-16-28)21-29-18-19-31-36(24-37,43-29)23-30(41-31)17-12-20-40-34(39)35(3,4)5/h6-11,13-16,22,25,29-31,33,37H,12,17-21,23-24H2,1-5H3/b26-22+/t25-,29-,30+,31+,36-/m1/s1. The summed E-state index contributed by atoms with van der Waals surface area (Å²) in [6.07, 6.45) is 5.32. The largest absolute Gasteiger partial charge is 0.465 e. The molecule has 2 heterocycles. The van der Waals surface area contributed by atoms with E-state index in [0.717, 1.165) is 42.4 Å². The van der Waals surface area contributed by atoms with Crippen LogP contribution in [-0.2, 0) is 28.5 Å². The van der Waals surface area contributed by atoms with Crippen molar-refractivity contribution >= 4 is 11.9 Å². The van der Waals surface area contributed by atoms with Crippen LogP contribution < -0.4 is 0 Å². The van der Waals surface area contributed by atoms with Crippen LogP contribution in [0.2, 0.25) is 0 Å². The summed E-state index contributed by atoms with van der Waals surface area (Å²) < 4.78 is 24.2. The van der Waals surface area contributed by atoms with E-state index in [1.165, 1.54) is 0 Å². The molecule has 2 aromatic carbocycles. The van der Waals surface area contributed by atoms with Gasteiger partial charge >= 0.3 is 11.9 Å². The maximum atomic E-state index is 13.1. The summed E-state index contributed by atoms with van der Waals surface area (Å²) in [5, 5.41) is 10.4. The summed E-state index contributed by atoms with van der Waals surface area (Å²) in [7, 11) is 0. The van der Waals surface area contributed by atoms with E-state index in [9.17, 15) is 14.7 Å². The molecule has 234 valence electrons. The minimum atomic E-state index is -0.718. The maximum Gasteiger partial charge on any atom is 0.331 e. The van der Waals surface area contributed by atoms with E-state index < -0.39 is 17.1 Å². The first-order valence-corrected chi connectivity index (χ1v) is 15.6. The fourth-order valence-electron chi connectivity index (χ4n) is 5.98. The molecule has 2 saturated heterocycles. The van der Waals surface area contributed by atoms with Gasteiger partial charge in [0.15, 0.2) is 6.10 Å². The average molecular weight is 593 g/mol. The molecule has 1 N–H and O–H groups in total. The number of esters is 2. The number of ether oxygens (including phenoxy) is 4. The van der Waals surface area contributed by atoms with Crippen LogP contribution in [-0.4, -0.2) is 54.2 Å². The van der Waals surface area contributed by atoms with Crippen molar-refractivity contribution in [1.29, 1.82) is 0 Å². The minimum Gasteiger partial charge on any atom is -0.465 e. The molecule has 2 aliphatic heterocycles. The zero-order valence-corrected chi connectivity index (χ0v) is 26.3. The molecule has 2 aliphatic rings. The van der Waals surface area contributed by atoms with Crippen molar-refractivity contribution in [2.45, 2.75) is 103 Å². The summed E-state index contributed by atoms with van der Waals surface area (Å²) in [6, 6.07) is 19.5. The quantitative estimate of drug-likeness (QED) is 0.166. The van der Waals surface area contributed by atoms with Gasteiger partial charge in [-0.3, -0.25) is 4.79 Å². The first-order chi connectivity index (χ1) is 20.5. The van der Waals surface area contributed by atoms with Crippen LogP contribution in [0.15, 0.2) is 72.3 Å². The first-order valence-electron chi connectivity index (χ1n) is 15.6. The zero-order chi connectivity index (χ0) is 31.0. The SMILES string of the molecule is C/C(=C\C(=O)OC(c1ccccc1)c1ccccc1)[C@H](C)C[C@H]1CC[C@@H]2O[C@@H](CCCOC(=O)C(C)(C)C)C[C@]2(CO)O1. The highest BCUT2D eigenvalue weighted by Crippen LogP contribution is 2.44. The highest BCUT2D eigenvalue weighted by Gasteiger charge is 2.52. The predicted molar refractivity (Wildman–Crippen MR) is 165 cm³/mol. The number of hydrogen-bond acceptors (Lipinski definition) is 7. The lowest BCUT2D eigenvalue weighted by molar-refractivity contribution is -0.185. The molecule has 5 atom stereocenters. The predicted octanol–water partition coefficient (Wildman–Crippen LogP) is 6.73. The fourth-order valence-corrected chi connectivity index (χ4v) is 5.98. The van der Waals surface area contributed by atoms with Gasteiger partial charge in [0.25, 0.3) is 0 Å². The fraction of sp³-hybridized carbons (Fsp3) is 0.556. The van der Waals surface area contributed by atoms with Crippen molar-refractivity contribution in [3.05, 3.63) is 83.4 Å². The van der Waals surface area contributed by atoms with Crippen LogP contribution in [0, 0.1) is 11.3 Å². The molecule has 0 bridgehead atoms. The summed E-state index contributed by atoms with van der Waals surface area (Å²) in [5.74, 6) is -0.489. The van der Waals surface area contributed by atoms with Gasteiger partial charge in [0.1, 0.15) is 5.60 Å². The van der Waals surface area contributed by atoms with Gasteiger partial charge in [-0.25, -0.2) is 4.79 Å². The zero-order valence-electron chi connectivity index (χ0n) is 26.3. The first kappa shape index (κ1) is 32.9. The van der Waals surface area contributed by atoms with Crippen molar-refractivity contribution in [3.63, 3.8) is 0 Å². The Morgan fingerprint density at radius 1 is 1.02 bits per heavy atom. The van der Waals surface area contributed by atoms with Gasteiger partial charge in [0, 0.05) is 12.5 Å². The van der Waals surface area contributed by atoms with Crippen molar-refractivity contribution in [2.75, 3.05) is 13.2 Å². The monoisotopic (exact) mass is 592 g/mol. The Labute approximate surface area is 256 Å².